The van der Waals surface area contributed by atoms with Gasteiger partial charge < -0.3 is 15.6 Å². The number of pyridine rings is 2. The molecule has 0 spiro atoms. The number of nitrogens with one attached hydrogen (secondary N) is 3. The van der Waals surface area contributed by atoms with E-state index in [-0.39, 0.29) is 0 Å². The average Bonchev–Trinajstić information content (AvgIpc) is 2.98. The minimum atomic E-state index is -4.30. The first-order valence-corrected chi connectivity index (χ1v) is 6.95. The van der Waals surface area contributed by atoms with Gasteiger partial charge in [-0.3, -0.25) is 0 Å². The van der Waals surface area contributed by atoms with Crippen molar-refractivity contribution in [3.05, 3.63) is 41.9 Å². The maximum absolute atomic E-state index is 12.3. The van der Waals surface area contributed by atoms with Crippen LogP contribution in [0.5, 0.6) is 0 Å². The molecule has 5 nitrogen and oxygen atoms in total. The van der Waals surface area contributed by atoms with Crippen molar-refractivity contribution < 1.29 is 13.2 Å². The predicted octanol–water partition coefficient (Wildman–Crippen LogP) is 4.33. The highest BCUT2D eigenvalue weighted by molar-refractivity contribution is 6.29. The van der Waals surface area contributed by atoms with Crippen LogP contribution in [0.2, 0.25) is 5.15 Å². The van der Waals surface area contributed by atoms with Gasteiger partial charge in [-0.15, -0.1) is 0 Å². The van der Waals surface area contributed by atoms with Crippen LogP contribution in [0.25, 0.3) is 10.9 Å². The van der Waals surface area contributed by atoms with E-state index in [9.17, 15) is 13.2 Å². The quantitative estimate of drug-likeness (QED) is 0.618. The summed E-state index contributed by atoms with van der Waals surface area (Å²) >= 11 is 5.72. The molecule has 0 amide bonds. The summed E-state index contributed by atoms with van der Waals surface area (Å²) in [6, 6.07) is 5.03. The summed E-state index contributed by atoms with van der Waals surface area (Å²) in [4.78, 5) is 11.1. The standard InChI is InChI=1S/C14H11ClF3N5/c15-11-2-1-8(5-20-11)23-13-12-9(3-4-19-12)10(6-21-13)22-7-14(16,17)18/h1-6,19,22H,7H2,(H,21,23). The maximum atomic E-state index is 12.3. The Kier molecular flexibility index (Phi) is 3.99. The monoisotopic (exact) mass is 341 g/mol. The van der Waals surface area contributed by atoms with E-state index >= 15 is 0 Å². The smallest absolute Gasteiger partial charge is 0.375 e. The van der Waals surface area contributed by atoms with Crippen LogP contribution in [0.1, 0.15) is 0 Å². The number of alkyl halides is 3. The third-order valence-corrected chi connectivity index (χ3v) is 3.29. The van der Waals surface area contributed by atoms with Crippen LogP contribution in [0.4, 0.5) is 30.4 Å². The van der Waals surface area contributed by atoms with E-state index in [0.29, 0.717) is 33.2 Å². The van der Waals surface area contributed by atoms with Crippen molar-refractivity contribution in [2.75, 3.05) is 17.2 Å². The molecule has 0 aliphatic rings. The zero-order valence-electron chi connectivity index (χ0n) is 11.6. The fourth-order valence-electron chi connectivity index (χ4n) is 2.07. The molecule has 9 heteroatoms. The molecule has 0 bridgehead atoms. The lowest BCUT2D eigenvalue weighted by atomic mass is 10.2. The summed E-state index contributed by atoms with van der Waals surface area (Å²) < 4.78 is 37.0. The van der Waals surface area contributed by atoms with Crippen molar-refractivity contribution >= 4 is 39.7 Å². The second-order valence-corrected chi connectivity index (χ2v) is 5.14. The highest BCUT2D eigenvalue weighted by Gasteiger charge is 2.27. The number of nitrogens with zero attached hydrogens (tertiary/aromatic N) is 2. The molecule has 0 unspecified atom stereocenters. The fraction of sp³-hybridized carbons (Fsp3) is 0.143. The number of fused-ring (bicyclic) bond motifs is 1. The van der Waals surface area contributed by atoms with Gasteiger partial charge in [0.2, 0.25) is 0 Å². The Labute approximate surface area is 133 Å². The van der Waals surface area contributed by atoms with E-state index in [1.54, 1.807) is 24.4 Å². The SMILES string of the molecule is FC(F)(F)CNc1cnc(Nc2ccc(Cl)nc2)c2[nH]ccc12. The summed E-state index contributed by atoms with van der Waals surface area (Å²) in [5.41, 5.74) is 1.55. The lowest BCUT2D eigenvalue weighted by Crippen LogP contribution is -2.21. The topological polar surface area (TPSA) is 65.6 Å². The molecule has 0 saturated carbocycles. The maximum Gasteiger partial charge on any atom is 0.405 e. The lowest BCUT2D eigenvalue weighted by Gasteiger charge is -2.12. The van der Waals surface area contributed by atoms with Crippen molar-refractivity contribution in [3.8, 4) is 0 Å². The van der Waals surface area contributed by atoms with Crippen LogP contribution >= 0.6 is 11.6 Å². The van der Waals surface area contributed by atoms with Crippen LogP contribution in [0.15, 0.2) is 36.8 Å². The van der Waals surface area contributed by atoms with Gasteiger partial charge in [-0.25, -0.2) is 9.97 Å². The largest absolute Gasteiger partial charge is 0.405 e. The molecule has 0 aromatic carbocycles. The number of halogens is 4. The molecule has 0 saturated heterocycles. The van der Waals surface area contributed by atoms with Crippen molar-refractivity contribution in [2.45, 2.75) is 6.18 Å². The van der Waals surface area contributed by atoms with E-state index in [4.69, 9.17) is 11.6 Å². The zero-order chi connectivity index (χ0) is 16.4. The molecule has 3 aromatic rings. The van der Waals surface area contributed by atoms with Crippen molar-refractivity contribution in [1.82, 2.24) is 15.0 Å². The number of aromatic amines is 1. The Morgan fingerprint density at radius 1 is 1.13 bits per heavy atom. The van der Waals surface area contributed by atoms with E-state index in [1.165, 1.54) is 12.4 Å². The predicted molar refractivity (Wildman–Crippen MR) is 83.2 cm³/mol. The molecule has 3 rings (SSSR count). The molecule has 0 radical (unpaired) electrons. The molecule has 0 atom stereocenters. The summed E-state index contributed by atoms with van der Waals surface area (Å²) in [6.45, 7) is -1.12. The van der Waals surface area contributed by atoms with E-state index in [0.717, 1.165) is 0 Å². The molecule has 0 aliphatic carbocycles. The van der Waals surface area contributed by atoms with Gasteiger partial charge in [0, 0.05) is 11.6 Å². The van der Waals surface area contributed by atoms with Crippen LogP contribution in [-0.2, 0) is 0 Å². The minimum absolute atomic E-state index is 0.304. The summed E-state index contributed by atoms with van der Waals surface area (Å²) in [6.07, 6.45) is 0.229. The van der Waals surface area contributed by atoms with Gasteiger partial charge >= 0.3 is 6.18 Å². The molecule has 3 N–H and O–H groups in total. The number of anilines is 3. The van der Waals surface area contributed by atoms with Crippen LogP contribution in [0.3, 0.4) is 0 Å². The second kappa shape index (κ2) is 5.96. The minimum Gasteiger partial charge on any atom is -0.375 e. The first kappa shape index (κ1) is 15.4. The lowest BCUT2D eigenvalue weighted by molar-refractivity contribution is -0.115. The van der Waals surface area contributed by atoms with Gasteiger partial charge in [0.25, 0.3) is 0 Å². The molecule has 23 heavy (non-hydrogen) atoms. The Balaban J connectivity index is 1.88. The first-order valence-electron chi connectivity index (χ1n) is 6.58. The summed E-state index contributed by atoms with van der Waals surface area (Å²) in [5, 5.41) is 6.36. The third-order valence-electron chi connectivity index (χ3n) is 3.07. The third kappa shape index (κ3) is 3.65. The second-order valence-electron chi connectivity index (χ2n) is 4.75. The van der Waals surface area contributed by atoms with Crippen molar-refractivity contribution in [2.24, 2.45) is 0 Å². The zero-order valence-corrected chi connectivity index (χ0v) is 12.3. The van der Waals surface area contributed by atoms with Gasteiger partial charge in [0.05, 0.1) is 29.3 Å². The van der Waals surface area contributed by atoms with Crippen molar-refractivity contribution in [1.29, 1.82) is 0 Å². The highest BCUT2D eigenvalue weighted by Crippen LogP contribution is 2.29. The number of hydrogen-bond acceptors (Lipinski definition) is 4. The number of H-pyrrole nitrogens is 1. The summed E-state index contributed by atoms with van der Waals surface area (Å²) in [7, 11) is 0. The number of aromatic nitrogens is 3. The summed E-state index contributed by atoms with van der Waals surface area (Å²) in [5.74, 6) is 0.478. The molecule has 0 aliphatic heterocycles. The first-order chi connectivity index (χ1) is 10.9. The van der Waals surface area contributed by atoms with Crippen LogP contribution in [0, 0.1) is 0 Å². The van der Waals surface area contributed by atoms with Crippen molar-refractivity contribution in [3.63, 3.8) is 0 Å². The number of rotatable bonds is 4. The van der Waals surface area contributed by atoms with Crippen LogP contribution in [-0.4, -0.2) is 27.7 Å². The van der Waals surface area contributed by atoms with Gasteiger partial charge in [0.1, 0.15) is 11.7 Å². The molecule has 120 valence electrons. The van der Waals surface area contributed by atoms with Gasteiger partial charge in [0.15, 0.2) is 5.82 Å². The Morgan fingerprint density at radius 2 is 1.96 bits per heavy atom. The van der Waals surface area contributed by atoms with E-state index < -0.39 is 12.7 Å². The Morgan fingerprint density at radius 3 is 2.65 bits per heavy atom. The van der Waals surface area contributed by atoms with Gasteiger partial charge in [-0.2, -0.15) is 13.2 Å². The van der Waals surface area contributed by atoms with E-state index in [2.05, 4.69) is 25.6 Å². The Bertz CT molecular complexity index is 813. The molecular weight excluding hydrogens is 331 g/mol. The molecule has 3 heterocycles. The Hall–Kier alpha value is -2.48. The number of hydrogen-bond donors (Lipinski definition) is 3. The molecule has 0 fully saturated rings. The molecule has 3 aromatic heterocycles. The van der Waals surface area contributed by atoms with Crippen LogP contribution < -0.4 is 10.6 Å². The van der Waals surface area contributed by atoms with Gasteiger partial charge in [-0.1, -0.05) is 11.6 Å². The van der Waals surface area contributed by atoms with E-state index in [1.807, 2.05) is 0 Å². The highest BCUT2D eigenvalue weighted by atomic mass is 35.5. The molecular formula is C14H11ClF3N5. The fourth-order valence-corrected chi connectivity index (χ4v) is 2.18. The average molecular weight is 342 g/mol. The van der Waals surface area contributed by atoms with Gasteiger partial charge in [-0.05, 0) is 18.2 Å². The normalized spacial score (nSPS) is 11.7.